The van der Waals surface area contributed by atoms with Crippen molar-refractivity contribution in [3.8, 4) is 11.5 Å². The molecule has 1 aromatic heterocycles. The molecule has 0 aliphatic carbocycles. The quantitative estimate of drug-likeness (QED) is 0.723. The number of para-hydroxylation sites is 1. The Morgan fingerprint density at radius 1 is 1.12 bits per heavy atom. The molecule has 130 valence electrons. The van der Waals surface area contributed by atoms with Gasteiger partial charge in [0, 0.05) is 47.7 Å². The van der Waals surface area contributed by atoms with Gasteiger partial charge in [0.2, 0.25) is 12.7 Å². The lowest BCUT2D eigenvalue weighted by Gasteiger charge is -2.26. The molecule has 2 aromatic carbocycles. The number of benzene rings is 2. The molecular weight excluding hydrogens is 328 g/mol. The highest BCUT2D eigenvalue weighted by molar-refractivity contribution is 5.93. The molecule has 0 radical (unpaired) electrons. The van der Waals surface area contributed by atoms with Gasteiger partial charge in [-0.05, 0) is 29.8 Å². The lowest BCUT2D eigenvalue weighted by atomic mass is 10.0. The van der Waals surface area contributed by atoms with Crippen LogP contribution < -0.4 is 9.47 Å². The molecule has 26 heavy (non-hydrogen) atoms. The van der Waals surface area contributed by atoms with Crippen LogP contribution in [0.15, 0.2) is 48.5 Å². The summed E-state index contributed by atoms with van der Waals surface area (Å²) < 4.78 is 10.7. The minimum atomic E-state index is 0.0265. The number of rotatable bonds is 2. The fourth-order valence-electron chi connectivity index (χ4n) is 3.64. The maximum atomic E-state index is 12.6. The molecule has 0 bridgehead atoms. The topological polar surface area (TPSA) is 54.6 Å². The summed E-state index contributed by atoms with van der Waals surface area (Å²) in [6, 6.07) is 13.9. The van der Waals surface area contributed by atoms with Gasteiger partial charge in [0.15, 0.2) is 11.5 Å². The van der Waals surface area contributed by atoms with Crippen LogP contribution in [-0.4, -0.2) is 29.1 Å². The third-order valence-corrected chi connectivity index (χ3v) is 5.01. The second-order valence-electron chi connectivity index (χ2n) is 6.58. The van der Waals surface area contributed by atoms with E-state index in [1.807, 2.05) is 41.3 Å². The zero-order valence-corrected chi connectivity index (χ0v) is 14.2. The zero-order chi connectivity index (χ0) is 17.5. The predicted molar refractivity (Wildman–Crippen MR) is 99.0 cm³/mol. The Balaban J connectivity index is 1.35. The standard InChI is InChI=1S/C21H18N2O3/c24-21(8-6-14-5-7-19-20(11-14)26-13-25-19)23-10-9-18-16(12-23)15-3-1-2-4-17(15)22-18/h1-8,11,22H,9-10,12-13H2. The van der Waals surface area contributed by atoms with E-state index in [-0.39, 0.29) is 12.7 Å². The normalized spacial score (nSPS) is 15.6. The molecule has 2 aliphatic heterocycles. The summed E-state index contributed by atoms with van der Waals surface area (Å²) in [5.41, 5.74) is 4.54. The number of hydrogen-bond acceptors (Lipinski definition) is 3. The Bertz CT molecular complexity index is 1030. The van der Waals surface area contributed by atoms with E-state index in [1.165, 1.54) is 16.6 Å². The summed E-state index contributed by atoms with van der Waals surface area (Å²) in [5, 5.41) is 1.21. The highest BCUT2D eigenvalue weighted by atomic mass is 16.7. The van der Waals surface area contributed by atoms with E-state index < -0.39 is 0 Å². The van der Waals surface area contributed by atoms with E-state index in [1.54, 1.807) is 6.08 Å². The number of aromatic amines is 1. The molecule has 0 saturated heterocycles. The van der Waals surface area contributed by atoms with Crippen molar-refractivity contribution >= 4 is 22.9 Å². The molecule has 0 unspecified atom stereocenters. The molecule has 3 heterocycles. The highest BCUT2D eigenvalue weighted by Crippen LogP contribution is 2.33. The van der Waals surface area contributed by atoms with E-state index in [0.717, 1.165) is 35.5 Å². The third kappa shape index (κ3) is 2.52. The number of carbonyl (C=O) groups is 1. The zero-order valence-electron chi connectivity index (χ0n) is 14.2. The summed E-state index contributed by atoms with van der Waals surface area (Å²) in [6.07, 6.45) is 4.32. The summed E-state index contributed by atoms with van der Waals surface area (Å²) in [4.78, 5) is 18.0. The van der Waals surface area contributed by atoms with Crippen molar-refractivity contribution in [2.24, 2.45) is 0 Å². The van der Waals surface area contributed by atoms with E-state index in [0.29, 0.717) is 6.54 Å². The molecule has 0 fully saturated rings. The molecule has 5 nitrogen and oxygen atoms in total. The number of nitrogens with zero attached hydrogens (tertiary/aromatic N) is 1. The van der Waals surface area contributed by atoms with Gasteiger partial charge in [0.1, 0.15) is 0 Å². The summed E-state index contributed by atoms with van der Waals surface area (Å²) in [5.74, 6) is 1.50. The maximum absolute atomic E-state index is 12.6. The molecule has 0 spiro atoms. The first-order valence-electron chi connectivity index (χ1n) is 8.73. The Hall–Kier alpha value is -3.21. The van der Waals surface area contributed by atoms with E-state index >= 15 is 0 Å². The Morgan fingerprint density at radius 3 is 2.96 bits per heavy atom. The number of fused-ring (bicyclic) bond motifs is 4. The van der Waals surface area contributed by atoms with Gasteiger partial charge in [-0.3, -0.25) is 4.79 Å². The van der Waals surface area contributed by atoms with Gasteiger partial charge in [-0.2, -0.15) is 0 Å². The monoisotopic (exact) mass is 346 g/mol. The first-order chi connectivity index (χ1) is 12.8. The van der Waals surface area contributed by atoms with Gasteiger partial charge in [0.25, 0.3) is 0 Å². The van der Waals surface area contributed by atoms with Crippen LogP contribution in [-0.2, 0) is 17.8 Å². The molecule has 2 aliphatic rings. The highest BCUT2D eigenvalue weighted by Gasteiger charge is 2.22. The maximum Gasteiger partial charge on any atom is 0.246 e. The van der Waals surface area contributed by atoms with Crippen LogP contribution in [0.1, 0.15) is 16.8 Å². The number of H-pyrrole nitrogens is 1. The average Bonchev–Trinajstić information content (AvgIpc) is 3.29. The smallest absolute Gasteiger partial charge is 0.246 e. The molecule has 5 rings (SSSR count). The molecule has 0 saturated carbocycles. The van der Waals surface area contributed by atoms with Crippen LogP contribution in [0.4, 0.5) is 0 Å². The largest absolute Gasteiger partial charge is 0.454 e. The first-order valence-corrected chi connectivity index (χ1v) is 8.73. The second kappa shape index (κ2) is 5.95. The number of nitrogens with one attached hydrogen (secondary N) is 1. The van der Waals surface area contributed by atoms with Gasteiger partial charge in [0.05, 0.1) is 0 Å². The summed E-state index contributed by atoms with van der Waals surface area (Å²) in [7, 11) is 0. The summed E-state index contributed by atoms with van der Waals surface area (Å²) in [6.45, 7) is 1.62. The van der Waals surface area contributed by atoms with Gasteiger partial charge < -0.3 is 19.4 Å². The molecule has 5 heteroatoms. The third-order valence-electron chi connectivity index (χ3n) is 5.01. The number of carbonyl (C=O) groups excluding carboxylic acids is 1. The molecule has 0 atom stereocenters. The van der Waals surface area contributed by atoms with Crippen LogP contribution in [0.25, 0.3) is 17.0 Å². The van der Waals surface area contributed by atoms with Crippen molar-refractivity contribution in [2.45, 2.75) is 13.0 Å². The lowest BCUT2D eigenvalue weighted by molar-refractivity contribution is -0.126. The minimum absolute atomic E-state index is 0.0265. The molecule has 3 aromatic rings. The van der Waals surface area contributed by atoms with Crippen LogP contribution in [0.5, 0.6) is 11.5 Å². The van der Waals surface area contributed by atoms with Crippen LogP contribution >= 0.6 is 0 Å². The van der Waals surface area contributed by atoms with Crippen molar-refractivity contribution < 1.29 is 14.3 Å². The molecule has 1 amide bonds. The van der Waals surface area contributed by atoms with Gasteiger partial charge in [-0.15, -0.1) is 0 Å². The van der Waals surface area contributed by atoms with Crippen molar-refractivity contribution in [1.82, 2.24) is 9.88 Å². The number of hydrogen-bond donors (Lipinski definition) is 1. The first kappa shape index (κ1) is 15.1. The minimum Gasteiger partial charge on any atom is -0.454 e. The van der Waals surface area contributed by atoms with Crippen LogP contribution in [0.2, 0.25) is 0 Å². The summed E-state index contributed by atoms with van der Waals surface area (Å²) >= 11 is 0. The second-order valence-corrected chi connectivity index (χ2v) is 6.58. The van der Waals surface area contributed by atoms with Crippen molar-refractivity contribution in [3.05, 3.63) is 65.4 Å². The Morgan fingerprint density at radius 2 is 2.00 bits per heavy atom. The van der Waals surface area contributed by atoms with Crippen LogP contribution in [0, 0.1) is 0 Å². The predicted octanol–water partition coefficient (Wildman–Crippen LogP) is 3.49. The Kier molecular flexibility index (Phi) is 3.45. The molecular formula is C21H18N2O3. The molecule has 1 N–H and O–H groups in total. The fourth-order valence-corrected chi connectivity index (χ4v) is 3.64. The van der Waals surface area contributed by atoms with Gasteiger partial charge in [-0.25, -0.2) is 0 Å². The van der Waals surface area contributed by atoms with Gasteiger partial charge in [-0.1, -0.05) is 24.3 Å². The van der Waals surface area contributed by atoms with E-state index in [2.05, 4.69) is 17.1 Å². The number of amides is 1. The van der Waals surface area contributed by atoms with Crippen molar-refractivity contribution in [3.63, 3.8) is 0 Å². The number of aromatic nitrogens is 1. The number of ether oxygens (including phenoxy) is 2. The van der Waals surface area contributed by atoms with E-state index in [9.17, 15) is 4.79 Å². The Labute approximate surface area is 150 Å². The lowest BCUT2D eigenvalue weighted by Crippen LogP contribution is -2.34. The van der Waals surface area contributed by atoms with Crippen molar-refractivity contribution in [2.75, 3.05) is 13.3 Å². The fraction of sp³-hybridized carbons (Fsp3) is 0.190. The SMILES string of the molecule is O=C(C=Cc1ccc2c(c1)OCO2)N1CCc2[nH]c3ccccc3c2C1. The van der Waals surface area contributed by atoms with Crippen molar-refractivity contribution in [1.29, 1.82) is 0 Å². The average molecular weight is 346 g/mol. The van der Waals surface area contributed by atoms with E-state index in [4.69, 9.17) is 9.47 Å². The van der Waals surface area contributed by atoms with Gasteiger partial charge >= 0.3 is 0 Å². The van der Waals surface area contributed by atoms with Crippen LogP contribution in [0.3, 0.4) is 0 Å².